The molecule has 0 saturated heterocycles. The average molecular weight is 229 g/mol. The molecule has 0 spiro atoms. The van der Waals surface area contributed by atoms with E-state index in [9.17, 15) is 0 Å². The van der Waals surface area contributed by atoms with Gasteiger partial charge < -0.3 is 10.1 Å². The normalized spacial score (nSPS) is 5.45. The van der Waals surface area contributed by atoms with E-state index in [0.29, 0.717) is 0 Å². The summed E-state index contributed by atoms with van der Waals surface area (Å²) in [4.78, 5) is 3.73. The van der Waals surface area contributed by atoms with Crippen molar-refractivity contribution in [3.63, 3.8) is 0 Å². The van der Waals surface area contributed by atoms with Crippen molar-refractivity contribution < 1.29 is 37.8 Å². The predicted molar refractivity (Wildman–Crippen MR) is 42.6 cm³/mol. The minimum atomic E-state index is 0. The van der Waals surface area contributed by atoms with E-state index in [1.165, 1.54) is 0 Å². The van der Waals surface area contributed by atoms with Gasteiger partial charge in [-0.25, -0.2) is 12.1 Å². The minimum Gasteiger partial charge on any atom is -0.400 e. The summed E-state index contributed by atoms with van der Waals surface area (Å²) in [5.74, 6) is 0. The Kier molecular flexibility index (Phi) is 35.4. The maximum Gasteiger partial charge on any atom is 0.0319 e. The van der Waals surface area contributed by atoms with E-state index in [2.05, 4.69) is 11.1 Å². The quantitative estimate of drug-likeness (QED) is 0.684. The van der Waals surface area contributed by atoms with Gasteiger partial charge in [-0.2, -0.15) is 6.07 Å². The summed E-state index contributed by atoms with van der Waals surface area (Å²) in [6.45, 7) is 4.00. The predicted octanol–water partition coefficient (Wildman–Crippen LogP) is 1.51. The van der Waals surface area contributed by atoms with Crippen LogP contribution in [0.3, 0.4) is 0 Å². The maximum absolute atomic E-state index is 7.00. The first-order valence-electron chi connectivity index (χ1n) is 3.21. The van der Waals surface area contributed by atoms with Crippen molar-refractivity contribution in [2.24, 2.45) is 0 Å². The summed E-state index contributed by atoms with van der Waals surface area (Å²) in [5, 5.41) is 7.00. The topological polar surface area (TPSA) is 33.1 Å². The first-order chi connectivity index (χ1) is 5.00. The van der Waals surface area contributed by atoms with Crippen LogP contribution in [0.4, 0.5) is 0 Å². The molecule has 0 aromatic carbocycles. The maximum atomic E-state index is 7.00. The fourth-order valence-corrected chi connectivity index (χ4v) is 0.277. The molecule has 0 aliphatic heterocycles. The van der Waals surface area contributed by atoms with Crippen LogP contribution in [-0.2, 0) is 32.7 Å². The molecule has 0 bridgehead atoms. The fraction of sp³-hybridized carbons (Fsp3) is 0.375. The van der Waals surface area contributed by atoms with Gasteiger partial charge in [0.1, 0.15) is 0 Å². The molecule has 1 aromatic heterocycles. The Balaban J connectivity index is -0.000000114. The first-order valence-corrected chi connectivity index (χ1v) is 3.21. The van der Waals surface area contributed by atoms with E-state index < -0.39 is 0 Å². The molecule has 1 heterocycles. The third-order valence-electron chi connectivity index (χ3n) is 0.514. The molecule has 0 amide bonds. The van der Waals surface area contributed by atoms with Crippen LogP contribution < -0.4 is 0 Å². The number of hydrogen-bond acceptors (Lipinski definition) is 2. The van der Waals surface area contributed by atoms with Crippen molar-refractivity contribution in [3.05, 3.63) is 30.6 Å². The van der Waals surface area contributed by atoms with Gasteiger partial charge in [-0.1, -0.05) is 26.2 Å². The van der Waals surface area contributed by atoms with Crippen LogP contribution in [0.15, 0.2) is 24.5 Å². The molecular formula is C8H14NOY-. The van der Waals surface area contributed by atoms with Crippen LogP contribution in [0, 0.1) is 6.07 Å². The molecule has 1 aromatic rings. The molecule has 0 aliphatic carbocycles. The smallest absolute Gasteiger partial charge is 0.0319 e. The summed E-state index contributed by atoms with van der Waals surface area (Å²) in [7, 11) is 1.00. The van der Waals surface area contributed by atoms with Crippen LogP contribution in [0.1, 0.15) is 13.8 Å². The second-order valence-corrected chi connectivity index (χ2v) is 0.953. The summed E-state index contributed by atoms with van der Waals surface area (Å²) in [5.41, 5.74) is 0. The summed E-state index contributed by atoms with van der Waals surface area (Å²) >= 11 is 0. The molecule has 0 unspecified atom stereocenters. The fourth-order valence-electron chi connectivity index (χ4n) is 0.277. The molecule has 0 fully saturated rings. The van der Waals surface area contributed by atoms with Gasteiger partial charge in [0.2, 0.25) is 0 Å². The third-order valence-corrected chi connectivity index (χ3v) is 0.514. The molecule has 0 saturated carbocycles. The third kappa shape index (κ3) is 17.8. The van der Waals surface area contributed by atoms with Gasteiger partial charge in [-0.15, -0.1) is 0 Å². The standard InChI is InChI=1S/C5H4N.C2H6.CH4O.Y/c1-2-4-6-5-3-1;2*1-2;/h1-2,4-5H;1-2H3;2H,1H3;/q-1;;;. The second-order valence-electron chi connectivity index (χ2n) is 0.953. The number of aromatic nitrogens is 1. The molecule has 2 nitrogen and oxygen atoms in total. The number of rotatable bonds is 0. The molecule has 1 rings (SSSR count). The molecule has 3 heteroatoms. The van der Waals surface area contributed by atoms with Gasteiger partial charge >= 0.3 is 0 Å². The van der Waals surface area contributed by atoms with E-state index in [1.807, 2.05) is 26.0 Å². The molecule has 11 heavy (non-hydrogen) atoms. The Morgan fingerprint density at radius 3 is 1.91 bits per heavy atom. The number of hydrogen-bond donors (Lipinski definition) is 1. The van der Waals surface area contributed by atoms with Crippen molar-refractivity contribution in [3.8, 4) is 0 Å². The van der Waals surface area contributed by atoms with Gasteiger partial charge in [0, 0.05) is 39.8 Å². The van der Waals surface area contributed by atoms with Crippen LogP contribution in [0.2, 0.25) is 0 Å². The van der Waals surface area contributed by atoms with Crippen LogP contribution in [-0.4, -0.2) is 17.2 Å². The summed E-state index contributed by atoms with van der Waals surface area (Å²) in [6, 6.07) is 6.43. The number of pyridine rings is 1. The van der Waals surface area contributed by atoms with Crippen LogP contribution in [0.5, 0.6) is 0 Å². The van der Waals surface area contributed by atoms with Gasteiger partial charge in [0.25, 0.3) is 0 Å². The Labute approximate surface area is 93.9 Å². The molecule has 0 atom stereocenters. The van der Waals surface area contributed by atoms with E-state index in [4.69, 9.17) is 5.11 Å². The van der Waals surface area contributed by atoms with Crippen molar-refractivity contribution in [1.82, 2.24) is 4.98 Å². The second kappa shape index (κ2) is 22.5. The summed E-state index contributed by atoms with van der Waals surface area (Å²) < 4.78 is 0. The Morgan fingerprint density at radius 1 is 1.27 bits per heavy atom. The summed E-state index contributed by atoms with van der Waals surface area (Å²) in [6.07, 6.45) is 3.34. The SMILES string of the molecule is CC.CO.[Y].[c-]1cccnc1. The monoisotopic (exact) mass is 229 g/mol. The Hall–Kier alpha value is 0.214. The molecule has 1 N–H and O–H groups in total. The van der Waals surface area contributed by atoms with Gasteiger partial charge in [0.15, 0.2) is 0 Å². The molecular weight excluding hydrogens is 215 g/mol. The zero-order valence-electron chi connectivity index (χ0n) is 7.28. The van der Waals surface area contributed by atoms with Gasteiger partial charge in [-0.3, -0.25) is 0 Å². The molecule has 61 valence electrons. The Bertz CT molecular complexity index is 86.0. The van der Waals surface area contributed by atoms with Crippen LogP contribution in [0.25, 0.3) is 0 Å². The minimum absolute atomic E-state index is 0. The van der Waals surface area contributed by atoms with Crippen molar-refractivity contribution in [2.45, 2.75) is 13.8 Å². The van der Waals surface area contributed by atoms with Crippen LogP contribution >= 0.6 is 0 Å². The van der Waals surface area contributed by atoms with E-state index in [-0.39, 0.29) is 32.7 Å². The van der Waals surface area contributed by atoms with Crippen molar-refractivity contribution in [1.29, 1.82) is 0 Å². The number of aliphatic hydroxyl groups excluding tert-OH is 1. The zero-order chi connectivity index (χ0) is 8.24. The van der Waals surface area contributed by atoms with Gasteiger partial charge in [0.05, 0.1) is 0 Å². The van der Waals surface area contributed by atoms with E-state index in [0.717, 1.165) is 7.11 Å². The largest absolute Gasteiger partial charge is 0.400 e. The number of aliphatic hydroxyl groups is 1. The first kappa shape index (κ1) is 17.3. The Morgan fingerprint density at radius 2 is 1.82 bits per heavy atom. The average Bonchev–Trinajstić information content (AvgIpc) is 2.14. The van der Waals surface area contributed by atoms with E-state index >= 15 is 0 Å². The van der Waals surface area contributed by atoms with E-state index in [1.54, 1.807) is 12.4 Å². The van der Waals surface area contributed by atoms with Crippen molar-refractivity contribution >= 4 is 0 Å². The van der Waals surface area contributed by atoms with Gasteiger partial charge in [-0.05, 0) is 0 Å². The van der Waals surface area contributed by atoms with Crippen molar-refractivity contribution in [2.75, 3.05) is 7.11 Å². The zero-order valence-corrected chi connectivity index (χ0v) is 10.1. The molecule has 0 aliphatic rings. The number of nitrogens with zero attached hydrogens (tertiary/aromatic N) is 1. The molecule has 1 radical (unpaired) electrons.